The van der Waals surface area contributed by atoms with Gasteiger partial charge in [-0.2, -0.15) is 0 Å². The van der Waals surface area contributed by atoms with Crippen molar-refractivity contribution in [2.45, 2.75) is 103 Å². The van der Waals surface area contributed by atoms with Crippen LogP contribution in [-0.2, 0) is 0 Å². The molecule has 2 atom stereocenters. The Kier molecular flexibility index (Phi) is 10.8. The first-order valence-electron chi connectivity index (χ1n) is 11.8. The molecule has 0 amide bonds. The summed E-state index contributed by atoms with van der Waals surface area (Å²) in [7, 11) is 0. The number of allylic oxidation sites excluding steroid dienone is 3. The van der Waals surface area contributed by atoms with Crippen LogP contribution in [0.5, 0.6) is 0 Å². The van der Waals surface area contributed by atoms with Crippen LogP contribution in [0, 0.1) is 23.7 Å². The predicted octanol–water partition coefficient (Wildman–Crippen LogP) is 7.35. The molecular weight excluding hydrogens is 354 g/mol. The molecule has 2 aliphatic carbocycles. The summed E-state index contributed by atoms with van der Waals surface area (Å²) in [4.78, 5) is 0. The zero-order chi connectivity index (χ0) is 20.4. The summed E-state index contributed by atoms with van der Waals surface area (Å²) in [5.74, 6) is 1.57. The van der Waals surface area contributed by atoms with Crippen LogP contribution in [0.2, 0.25) is 0 Å². The third-order valence-corrected chi connectivity index (χ3v) is 7.26. The number of rotatable bonds is 11. The zero-order valence-electron chi connectivity index (χ0n) is 17.9. The van der Waals surface area contributed by atoms with Crippen molar-refractivity contribution in [1.29, 1.82) is 0 Å². The minimum Gasteiger partial charge on any atom is -0.396 e. The molecule has 2 aliphatic rings. The molecule has 0 spiro atoms. The van der Waals surface area contributed by atoms with Gasteiger partial charge in [0.25, 0.3) is 0 Å². The number of hydrogen-bond acceptors (Lipinski definition) is 1. The molecule has 1 N–H and O–H groups in total. The van der Waals surface area contributed by atoms with Gasteiger partial charge >= 0.3 is 0 Å². The Morgan fingerprint density at radius 3 is 2.14 bits per heavy atom. The van der Waals surface area contributed by atoms with Gasteiger partial charge in [-0.15, -0.1) is 0 Å². The van der Waals surface area contributed by atoms with Crippen LogP contribution in [0.4, 0.5) is 8.78 Å². The van der Waals surface area contributed by atoms with E-state index in [2.05, 4.69) is 13.5 Å². The fraction of sp³-hybridized carbons (Fsp3) is 0.840. The Morgan fingerprint density at radius 2 is 1.57 bits per heavy atom. The van der Waals surface area contributed by atoms with Crippen LogP contribution in [0.25, 0.3) is 0 Å². The highest BCUT2D eigenvalue weighted by molar-refractivity contribution is 5.20. The normalized spacial score (nSPS) is 31.4. The van der Waals surface area contributed by atoms with Gasteiger partial charge in [0.05, 0.1) is 0 Å². The average molecular weight is 397 g/mol. The molecule has 0 saturated heterocycles. The van der Waals surface area contributed by atoms with E-state index in [1.54, 1.807) is 12.2 Å². The third kappa shape index (κ3) is 7.28. The molecule has 2 saturated carbocycles. The van der Waals surface area contributed by atoms with Gasteiger partial charge in [0.1, 0.15) is 6.17 Å². The number of hydrogen-bond donors (Lipinski definition) is 1. The number of halogens is 2. The topological polar surface area (TPSA) is 20.2 Å². The maximum Gasteiger partial charge on any atom is 0.153 e. The van der Waals surface area contributed by atoms with E-state index in [1.807, 2.05) is 0 Å². The average Bonchev–Trinajstić information content (AvgIpc) is 2.73. The summed E-state index contributed by atoms with van der Waals surface area (Å²) in [6.07, 6.45) is 14.0. The lowest BCUT2D eigenvalue weighted by Crippen LogP contribution is -2.29. The first kappa shape index (κ1) is 23.6. The molecule has 0 aromatic rings. The maximum atomic E-state index is 15.1. The highest BCUT2D eigenvalue weighted by atomic mass is 19.2. The van der Waals surface area contributed by atoms with Gasteiger partial charge < -0.3 is 5.11 Å². The van der Waals surface area contributed by atoms with Crippen LogP contribution < -0.4 is 0 Å². The fourth-order valence-electron chi connectivity index (χ4n) is 5.35. The Bertz CT molecular complexity index is 459. The summed E-state index contributed by atoms with van der Waals surface area (Å²) in [5.41, 5.74) is 0.651. The number of unbranched alkanes of at least 4 members (excludes halogenated alkanes) is 2. The molecule has 162 valence electrons. The lowest BCUT2D eigenvalue weighted by Gasteiger charge is -2.33. The molecule has 1 nitrogen and oxygen atoms in total. The minimum absolute atomic E-state index is 0.179. The van der Waals surface area contributed by atoms with Crippen molar-refractivity contribution in [2.75, 3.05) is 6.61 Å². The summed E-state index contributed by atoms with van der Waals surface area (Å²) in [5, 5.41) is 9.25. The largest absolute Gasteiger partial charge is 0.396 e. The molecule has 2 fully saturated rings. The van der Waals surface area contributed by atoms with Gasteiger partial charge in [0.15, 0.2) is 6.17 Å². The Morgan fingerprint density at radius 1 is 0.964 bits per heavy atom. The second kappa shape index (κ2) is 12.8. The Hall–Kier alpha value is -0.700. The smallest absolute Gasteiger partial charge is 0.153 e. The van der Waals surface area contributed by atoms with Crippen LogP contribution in [0.3, 0.4) is 0 Å². The number of alkyl halides is 2. The van der Waals surface area contributed by atoms with E-state index < -0.39 is 12.3 Å². The highest BCUT2D eigenvalue weighted by Gasteiger charge is 2.34. The Balaban J connectivity index is 1.83. The van der Waals surface area contributed by atoms with Gasteiger partial charge in [-0.3, -0.25) is 0 Å². The van der Waals surface area contributed by atoms with Crippen molar-refractivity contribution < 1.29 is 13.9 Å². The van der Waals surface area contributed by atoms with E-state index >= 15 is 4.39 Å². The van der Waals surface area contributed by atoms with E-state index in [-0.39, 0.29) is 18.4 Å². The molecule has 0 heterocycles. The van der Waals surface area contributed by atoms with E-state index in [0.29, 0.717) is 17.9 Å². The van der Waals surface area contributed by atoms with Crippen LogP contribution in [0.1, 0.15) is 90.4 Å². The molecule has 0 bridgehead atoms. The SMILES string of the molecule is C=C/C=C(/C1CCC(CCCCC)CC1)[C@@H](F)C(F)CC1CCC(CO)CC1. The maximum absolute atomic E-state index is 15.1. The lowest BCUT2D eigenvalue weighted by molar-refractivity contribution is 0.116. The second-order valence-electron chi connectivity index (χ2n) is 9.34. The monoisotopic (exact) mass is 396 g/mol. The molecule has 28 heavy (non-hydrogen) atoms. The van der Waals surface area contributed by atoms with Crippen molar-refractivity contribution in [3.05, 3.63) is 24.3 Å². The highest BCUT2D eigenvalue weighted by Crippen LogP contribution is 2.40. The zero-order valence-corrected chi connectivity index (χ0v) is 17.9. The van der Waals surface area contributed by atoms with Crippen molar-refractivity contribution in [3.8, 4) is 0 Å². The van der Waals surface area contributed by atoms with Crippen LogP contribution >= 0.6 is 0 Å². The standard InChI is InChI=1S/C25H42F2O/c1-3-5-6-8-19-13-15-22(16-14-19)23(7-4-2)25(27)24(26)17-20-9-11-21(18-28)12-10-20/h4,7,19-22,24-25,28H,2-3,5-6,8-18H2,1H3/b23-7-/t19?,20?,21?,22?,24?,25-/m1/s1. The fourth-order valence-corrected chi connectivity index (χ4v) is 5.35. The van der Waals surface area contributed by atoms with Crippen molar-refractivity contribution in [1.82, 2.24) is 0 Å². The molecule has 2 rings (SSSR count). The van der Waals surface area contributed by atoms with Gasteiger partial charge in [-0.1, -0.05) is 51.3 Å². The van der Waals surface area contributed by atoms with E-state index in [9.17, 15) is 9.50 Å². The molecular formula is C25H42F2O. The number of aliphatic hydroxyl groups is 1. The van der Waals surface area contributed by atoms with Crippen LogP contribution in [-0.4, -0.2) is 24.1 Å². The van der Waals surface area contributed by atoms with Crippen molar-refractivity contribution >= 4 is 0 Å². The predicted molar refractivity (Wildman–Crippen MR) is 115 cm³/mol. The third-order valence-electron chi connectivity index (χ3n) is 7.26. The molecule has 0 radical (unpaired) electrons. The van der Waals surface area contributed by atoms with Crippen molar-refractivity contribution in [2.24, 2.45) is 23.7 Å². The summed E-state index contributed by atoms with van der Waals surface area (Å²) >= 11 is 0. The molecule has 0 aromatic carbocycles. The minimum atomic E-state index is -1.49. The second-order valence-corrected chi connectivity index (χ2v) is 9.34. The summed E-state index contributed by atoms with van der Waals surface area (Å²) in [6.45, 7) is 6.21. The number of aliphatic hydroxyl groups excluding tert-OH is 1. The first-order valence-corrected chi connectivity index (χ1v) is 11.8. The van der Waals surface area contributed by atoms with Crippen molar-refractivity contribution in [3.63, 3.8) is 0 Å². The van der Waals surface area contributed by atoms with E-state index in [0.717, 1.165) is 57.3 Å². The van der Waals surface area contributed by atoms with E-state index in [1.165, 1.54) is 25.7 Å². The van der Waals surface area contributed by atoms with Crippen LogP contribution in [0.15, 0.2) is 24.3 Å². The molecule has 0 aromatic heterocycles. The quantitative estimate of drug-likeness (QED) is 0.286. The summed E-state index contributed by atoms with van der Waals surface area (Å²) in [6, 6.07) is 0. The molecule has 1 unspecified atom stereocenters. The molecule has 3 heteroatoms. The molecule has 0 aliphatic heterocycles. The van der Waals surface area contributed by atoms with Gasteiger partial charge in [-0.25, -0.2) is 8.78 Å². The van der Waals surface area contributed by atoms with Gasteiger partial charge in [0, 0.05) is 6.61 Å². The van der Waals surface area contributed by atoms with E-state index in [4.69, 9.17) is 0 Å². The first-order chi connectivity index (χ1) is 13.6. The Labute approximate surface area is 171 Å². The van der Waals surface area contributed by atoms with Gasteiger partial charge in [-0.05, 0) is 87.0 Å². The van der Waals surface area contributed by atoms with Gasteiger partial charge in [0.2, 0.25) is 0 Å². The lowest BCUT2D eigenvalue weighted by atomic mass is 9.74. The summed E-state index contributed by atoms with van der Waals surface area (Å²) < 4.78 is 30.0.